The van der Waals surface area contributed by atoms with Crippen LogP contribution in [0.25, 0.3) is 10.2 Å². The molecule has 0 aliphatic carbocycles. The van der Waals surface area contributed by atoms with Crippen LogP contribution in [0.4, 0.5) is 0 Å². The molecule has 2 fully saturated rings. The highest BCUT2D eigenvalue weighted by Crippen LogP contribution is 2.38. The average Bonchev–Trinajstić information content (AvgIpc) is 3.35. The summed E-state index contributed by atoms with van der Waals surface area (Å²) in [6, 6.07) is 0. The molecule has 3 aliphatic heterocycles. The van der Waals surface area contributed by atoms with Gasteiger partial charge in [0.1, 0.15) is 10.7 Å². The maximum absolute atomic E-state index is 13.1. The Kier molecular flexibility index (Phi) is 3.72. The second-order valence-corrected chi connectivity index (χ2v) is 9.04. The van der Waals surface area contributed by atoms with Gasteiger partial charge in [0.25, 0.3) is 11.5 Å². The third kappa shape index (κ3) is 2.36. The summed E-state index contributed by atoms with van der Waals surface area (Å²) in [6.07, 6.45) is 5.21. The van der Waals surface area contributed by atoms with Crippen LogP contribution in [0, 0.1) is 12.3 Å². The number of fused-ring (bicyclic) bond motifs is 2. The first-order valence-electron chi connectivity index (χ1n) is 9.61. The Morgan fingerprint density at radius 2 is 2.04 bits per heavy atom. The van der Waals surface area contributed by atoms with Crippen molar-refractivity contribution in [3.8, 4) is 0 Å². The van der Waals surface area contributed by atoms with Crippen molar-refractivity contribution in [2.24, 2.45) is 5.41 Å². The van der Waals surface area contributed by atoms with Crippen molar-refractivity contribution in [2.75, 3.05) is 26.2 Å². The number of carbonyl (C=O) groups is 1. The van der Waals surface area contributed by atoms with Crippen molar-refractivity contribution in [2.45, 2.75) is 45.6 Å². The van der Waals surface area contributed by atoms with Crippen LogP contribution in [0.5, 0.6) is 0 Å². The number of amides is 1. The molecular formula is C19H24N4O2S. The number of aromatic nitrogens is 2. The summed E-state index contributed by atoms with van der Waals surface area (Å²) in [5, 5.41) is 4.12. The molecule has 0 unspecified atom stereocenters. The molecule has 3 aliphatic rings. The smallest absolute Gasteiger partial charge is 0.264 e. The molecule has 0 radical (unpaired) electrons. The summed E-state index contributed by atoms with van der Waals surface area (Å²) >= 11 is 1.40. The van der Waals surface area contributed by atoms with E-state index in [1.54, 1.807) is 4.57 Å². The Morgan fingerprint density at radius 3 is 2.77 bits per heavy atom. The lowest BCUT2D eigenvalue weighted by molar-refractivity contribution is 0.0612. The number of nitrogens with zero attached hydrogens (tertiary/aromatic N) is 3. The zero-order valence-electron chi connectivity index (χ0n) is 15.1. The molecule has 2 aromatic rings. The molecule has 1 N–H and O–H groups in total. The number of thiophene rings is 1. The molecule has 0 atom stereocenters. The van der Waals surface area contributed by atoms with Gasteiger partial charge in [-0.25, -0.2) is 4.98 Å². The fraction of sp³-hybridized carbons (Fsp3) is 0.632. The number of rotatable bonds is 1. The van der Waals surface area contributed by atoms with Gasteiger partial charge in [-0.15, -0.1) is 11.3 Å². The summed E-state index contributed by atoms with van der Waals surface area (Å²) in [7, 11) is 0. The number of nitrogens with one attached hydrogen (secondary N) is 1. The normalized spacial score (nSPS) is 21.7. The molecule has 1 amide bonds. The molecule has 0 bridgehead atoms. The van der Waals surface area contributed by atoms with E-state index in [1.807, 2.05) is 11.8 Å². The minimum Gasteiger partial charge on any atom is -0.338 e. The minimum atomic E-state index is 0.0323. The van der Waals surface area contributed by atoms with E-state index in [1.165, 1.54) is 17.8 Å². The second-order valence-electron chi connectivity index (χ2n) is 8.04. The van der Waals surface area contributed by atoms with Crippen LogP contribution in [0.2, 0.25) is 0 Å². The van der Waals surface area contributed by atoms with Crippen LogP contribution in [0.15, 0.2) is 4.79 Å². The van der Waals surface area contributed by atoms with Gasteiger partial charge < -0.3 is 10.2 Å². The fourth-order valence-electron chi connectivity index (χ4n) is 4.83. The third-order valence-electron chi connectivity index (χ3n) is 6.55. The number of hydrogen-bond donors (Lipinski definition) is 1. The highest BCUT2D eigenvalue weighted by Gasteiger charge is 2.38. The van der Waals surface area contributed by atoms with Crippen LogP contribution < -0.4 is 10.9 Å². The number of aryl methyl sites for hydroxylation is 2. The van der Waals surface area contributed by atoms with E-state index in [0.29, 0.717) is 15.7 Å². The highest BCUT2D eigenvalue weighted by atomic mass is 32.1. The van der Waals surface area contributed by atoms with Gasteiger partial charge in [0.15, 0.2) is 0 Å². The molecule has 6 nitrogen and oxygen atoms in total. The minimum absolute atomic E-state index is 0.0323. The number of piperidine rings is 1. The van der Waals surface area contributed by atoms with E-state index in [9.17, 15) is 9.59 Å². The first-order chi connectivity index (χ1) is 12.6. The van der Waals surface area contributed by atoms with Crippen LogP contribution in [0.3, 0.4) is 0 Å². The van der Waals surface area contributed by atoms with Gasteiger partial charge in [0, 0.05) is 32.6 Å². The van der Waals surface area contributed by atoms with Crippen LogP contribution >= 0.6 is 11.3 Å². The quantitative estimate of drug-likeness (QED) is 0.831. The molecule has 1 spiro atoms. The van der Waals surface area contributed by atoms with E-state index < -0.39 is 0 Å². The lowest BCUT2D eigenvalue weighted by atomic mass is 9.78. The van der Waals surface area contributed by atoms with E-state index in [-0.39, 0.29) is 11.5 Å². The van der Waals surface area contributed by atoms with Crippen LogP contribution in [-0.2, 0) is 13.0 Å². The van der Waals surface area contributed by atoms with Gasteiger partial charge in [-0.3, -0.25) is 14.2 Å². The lowest BCUT2D eigenvalue weighted by Crippen LogP contribution is -2.44. The zero-order valence-corrected chi connectivity index (χ0v) is 16.0. The largest absolute Gasteiger partial charge is 0.338 e. The van der Waals surface area contributed by atoms with Crippen molar-refractivity contribution in [1.29, 1.82) is 0 Å². The molecule has 26 heavy (non-hydrogen) atoms. The molecule has 138 valence electrons. The molecule has 2 aromatic heterocycles. The fourth-order valence-corrected chi connectivity index (χ4v) is 5.99. The van der Waals surface area contributed by atoms with Gasteiger partial charge in [0.2, 0.25) is 0 Å². The van der Waals surface area contributed by atoms with E-state index in [2.05, 4.69) is 10.3 Å². The van der Waals surface area contributed by atoms with Crippen molar-refractivity contribution in [3.05, 3.63) is 26.6 Å². The van der Waals surface area contributed by atoms with Crippen molar-refractivity contribution >= 4 is 27.5 Å². The number of likely N-dealkylation sites (tertiary alicyclic amines) is 1. The summed E-state index contributed by atoms with van der Waals surface area (Å²) in [4.78, 5) is 34.1. The van der Waals surface area contributed by atoms with Crippen molar-refractivity contribution in [1.82, 2.24) is 19.8 Å². The molecule has 2 saturated heterocycles. The molecule has 7 heteroatoms. The van der Waals surface area contributed by atoms with E-state index >= 15 is 0 Å². The summed E-state index contributed by atoms with van der Waals surface area (Å²) in [5.41, 5.74) is 1.25. The monoisotopic (exact) mass is 372 g/mol. The SMILES string of the molecule is Cc1c(C(=O)N2CCC3(CCNC3)CC2)sc2nc3n(c(=O)c12)CCC3. The Labute approximate surface area is 156 Å². The van der Waals surface area contributed by atoms with Gasteiger partial charge in [-0.2, -0.15) is 0 Å². The summed E-state index contributed by atoms with van der Waals surface area (Å²) < 4.78 is 1.79. The molecule has 5 rings (SSSR count). The van der Waals surface area contributed by atoms with Crippen LogP contribution in [0.1, 0.15) is 46.7 Å². The predicted molar refractivity (Wildman–Crippen MR) is 102 cm³/mol. The van der Waals surface area contributed by atoms with Gasteiger partial charge in [0.05, 0.1) is 10.3 Å². The van der Waals surface area contributed by atoms with Gasteiger partial charge >= 0.3 is 0 Å². The maximum atomic E-state index is 13.1. The topological polar surface area (TPSA) is 67.2 Å². The molecular weight excluding hydrogens is 348 g/mol. The number of carbonyl (C=O) groups excluding carboxylic acids is 1. The van der Waals surface area contributed by atoms with Crippen molar-refractivity contribution in [3.63, 3.8) is 0 Å². The van der Waals surface area contributed by atoms with Gasteiger partial charge in [-0.05, 0) is 50.1 Å². The first kappa shape index (κ1) is 16.4. The van der Waals surface area contributed by atoms with Gasteiger partial charge in [-0.1, -0.05) is 0 Å². The zero-order chi connectivity index (χ0) is 17.9. The average molecular weight is 372 g/mol. The standard InChI is InChI=1S/C19H24N4O2S/c1-12-14-16(21-13-3-2-8-23(13)17(14)24)26-15(12)18(25)22-9-5-19(6-10-22)4-7-20-11-19/h20H,2-11H2,1H3. The molecule has 0 saturated carbocycles. The maximum Gasteiger partial charge on any atom is 0.264 e. The Bertz CT molecular complexity index is 945. The predicted octanol–water partition coefficient (Wildman–Crippen LogP) is 1.93. The highest BCUT2D eigenvalue weighted by molar-refractivity contribution is 7.20. The summed E-state index contributed by atoms with van der Waals surface area (Å²) in [5.74, 6) is 0.951. The third-order valence-corrected chi connectivity index (χ3v) is 7.72. The van der Waals surface area contributed by atoms with Crippen molar-refractivity contribution < 1.29 is 4.79 Å². The van der Waals surface area contributed by atoms with Crippen LogP contribution in [-0.4, -0.2) is 46.5 Å². The first-order valence-corrected chi connectivity index (χ1v) is 10.4. The van der Waals surface area contributed by atoms with E-state index in [4.69, 9.17) is 0 Å². The molecule has 5 heterocycles. The number of hydrogen-bond acceptors (Lipinski definition) is 5. The lowest BCUT2D eigenvalue weighted by Gasteiger charge is -2.38. The van der Waals surface area contributed by atoms with E-state index in [0.717, 1.165) is 74.6 Å². The molecule has 0 aromatic carbocycles. The second kappa shape index (κ2) is 5.89. The Balaban J connectivity index is 1.46. The Morgan fingerprint density at radius 1 is 1.23 bits per heavy atom. The summed E-state index contributed by atoms with van der Waals surface area (Å²) in [6.45, 7) is 6.47. The Hall–Kier alpha value is -1.73.